The number of carbonyl (C=O) groups excluding carboxylic acids is 1. The first kappa shape index (κ1) is 19.4. The summed E-state index contributed by atoms with van der Waals surface area (Å²) in [6.07, 6.45) is 1.94. The average molecular weight is 387 g/mol. The number of hydrogen-bond acceptors (Lipinski definition) is 3. The van der Waals surface area contributed by atoms with Crippen molar-refractivity contribution in [3.63, 3.8) is 0 Å². The fraction of sp³-hybridized carbons (Fsp3) is 0.381. The molecule has 1 aliphatic heterocycles. The molecule has 2 aromatic carbocycles. The molecule has 1 aliphatic rings. The average Bonchev–Trinajstić information content (AvgIpc) is 2.62. The van der Waals surface area contributed by atoms with Crippen molar-refractivity contribution in [3.8, 4) is 0 Å². The number of amides is 1. The Labute approximate surface area is 161 Å². The van der Waals surface area contributed by atoms with Crippen LogP contribution in [0, 0.1) is 13.8 Å². The summed E-state index contributed by atoms with van der Waals surface area (Å²) in [5.74, 6) is -0.173. The molecule has 3 rings (SSSR count). The van der Waals surface area contributed by atoms with Crippen molar-refractivity contribution < 1.29 is 13.2 Å². The van der Waals surface area contributed by atoms with Crippen LogP contribution in [-0.2, 0) is 27.8 Å². The van der Waals surface area contributed by atoms with E-state index in [9.17, 15) is 13.2 Å². The molecule has 0 N–H and O–H groups in total. The molecule has 1 unspecified atom stereocenters. The van der Waals surface area contributed by atoms with Gasteiger partial charge in [0, 0.05) is 13.1 Å². The van der Waals surface area contributed by atoms with Gasteiger partial charge in [-0.3, -0.25) is 9.10 Å². The summed E-state index contributed by atoms with van der Waals surface area (Å²) in [6, 6.07) is 12.8. The molecule has 0 fully saturated rings. The molecular weight excluding hydrogens is 360 g/mol. The zero-order chi connectivity index (χ0) is 19.8. The number of hydrogen-bond donors (Lipinski definition) is 0. The quantitative estimate of drug-likeness (QED) is 0.812. The molecule has 0 saturated carbocycles. The van der Waals surface area contributed by atoms with Gasteiger partial charge in [-0.15, -0.1) is 0 Å². The summed E-state index contributed by atoms with van der Waals surface area (Å²) in [5.41, 5.74) is 4.98. The summed E-state index contributed by atoms with van der Waals surface area (Å²) in [4.78, 5) is 14.9. The molecule has 144 valence electrons. The van der Waals surface area contributed by atoms with Gasteiger partial charge in [-0.1, -0.05) is 30.3 Å². The molecule has 0 spiro atoms. The van der Waals surface area contributed by atoms with Crippen LogP contribution >= 0.6 is 0 Å². The minimum Gasteiger partial charge on any atom is -0.336 e. The van der Waals surface area contributed by atoms with Crippen molar-refractivity contribution in [3.05, 3.63) is 64.7 Å². The molecule has 5 nitrogen and oxygen atoms in total. The Balaban J connectivity index is 1.89. The zero-order valence-corrected chi connectivity index (χ0v) is 17.1. The maximum Gasteiger partial charge on any atom is 0.246 e. The fourth-order valence-electron chi connectivity index (χ4n) is 3.61. The van der Waals surface area contributed by atoms with Crippen LogP contribution in [0.1, 0.15) is 29.2 Å². The van der Waals surface area contributed by atoms with E-state index in [0.717, 1.165) is 29.4 Å². The molecule has 27 heavy (non-hydrogen) atoms. The third-order valence-corrected chi connectivity index (χ3v) is 6.50. The largest absolute Gasteiger partial charge is 0.336 e. The predicted molar refractivity (Wildman–Crippen MR) is 108 cm³/mol. The summed E-state index contributed by atoms with van der Waals surface area (Å²) in [6.45, 7) is 6.70. The van der Waals surface area contributed by atoms with E-state index < -0.39 is 16.1 Å². The molecule has 0 radical (unpaired) electrons. The first-order chi connectivity index (χ1) is 12.7. The number of sulfonamides is 1. The van der Waals surface area contributed by atoms with E-state index in [2.05, 4.69) is 6.07 Å². The second-order valence-electron chi connectivity index (χ2n) is 7.28. The Hall–Kier alpha value is -2.34. The fourth-order valence-corrected chi connectivity index (χ4v) is 4.77. The van der Waals surface area contributed by atoms with Crippen molar-refractivity contribution in [2.24, 2.45) is 0 Å². The van der Waals surface area contributed by atoms with Crippen LogP contribution < -0.4 is 4.31 Å². The maximum absolute atomic E-state index is 13.1. The minimum absolute atomic E-state index is 0.173. The monoisotopic (exact) mass is 386 g/mol. The molecule has 1 atom stereocenters. The molecule has 0 aromatic heterocycles. The van der Waals surface area contributed by atoms with Crippen molar-refractivity contribution in [1.29, 1.82) is 0 Å². The molecule has 2 aromatic rings. The second kappa shape index (κ2) is 7.35. The van der Waals surface area contributed by atoms with Gasteiger partial charge in [-0.2, -0.15) is 0 Å². The van der Waals surface area contributed by atoms with E-state index in [-0.39, 0.29) is 5.91 Å². The SMILES string of the molecule is Cc1ccc(N(C(C)C(=O)N2CCc3ccccc3C2)S(C)(=O)=O)cc1C. The van der Waals surface area contributed by atoms with Crippen molar-refractivity contribution in [2.45, 2.75) is 39.8 Å². The van der Waals surface area contributed by atoms with Crippen LogP contribution in [0.25, 0.3) is 0 Å². The first-order valence-corrected chi connectivity index (χ1v) is 11.0. The van der Waals surface area contributed by atoms with E-state index in [1.54, 1.807) is 17.9 Å². The molecule has 1 heterocycles. The van der Waals surface area contributed by atoms with Crippen LogP contribution in [0.5, 0.6) is 0 Å². The number of anilines is 1. The lowest BCUT2D eigenvalue weighted by Crippen LogP contribution is -2.50. The van der Waals surface area contributed by atoms with Crippen molar-refractivity contribution >= 4 is 21.6 Å². The van der Waals surface area contributed by atoms with Gasteiger partial charge in [0.25, 0.3) is 0 Å². The zero-order valence-electron chi connectivity index (χ0n) is 16.3. The Morgan fingerprint density at radius 3 is 2.37 bits per heavy atom. The molecule has 0 saturated heterocycles. The molecule has 1 amide bonds. The Kier molecular flexibility index (Phi) is 5.29. The highest BCUT2D eigenvalue weighted by atomic mass is 32.2. The third kappa shape index (κ3) is 4.00. The topological polar surface area (TPSA) is 57.7 Å². The first-order valence-electron chi connectivity index (χ1n) is 9.10. The minimum atomic E-state index is -3.61. The highest BCUT2D eigenvalue weighted by molar-refractivity contribution is 7.92. The molecule has 6 heteroatoms. The van der Waals surface area contributed by atoms with Crippen LogP contribution in [0.15, 0.2) is 42.5 Å². The van der Waals surface area contributed by atoms with Crippen molar-refractivity contribution in [2.75, 3.05) is 17.1 Å². The van der Waals surface area contributed by atoms with E-state index in [1.165, 1.54) is 9.87 Å². The third-order valence-electron chi connectivity index (χ3n) is 5.25. The van der Waals surface area contributed by atoms with Gasteiger partial charge in [0.05, 0.1) is 11.9 Å². The lowest BCUT2D eigenvalue weighted by molar-refractivity contribution is -0.132. The standard InChI is InChI=1S/C21H26N2O3S/c1-15-9-10-20(13-16(15)2)23(27(4,25)26)17(3)21(24)22-12-11-18-7-5-6-8-19(18)14-22/h5-10,13,17H,11-12,14H2,1-4H3. The Morgan fingerprint density at radius 2 is 1.74 bits per heavy atom. The number of fused-ring (bicyclic) bond motifs is 1. The number of benzene rings is 2. The summed E-state index contributed by atoms with van der Waals surface area (Å²) < 4.78 is 26.3. The van der Waals surface area contributed by atoms with E-state index in [0.29, 0.717) is 18.8 Å². The summed E-state index contributed by atoms with van der Waals surface area (Å²) >= 11 is 0. The van der Waals surface area contributed by atoms with Crippen LogP contribution in [-0.4, -0.2) is 38.1 Å². The lowest BCUT2D eigenvalue weighted by atomic mass is 9.99. The number of carbonyl (C=O) groups is 1. The second-order valence-corrected chi connectivity index (χ2v) is 9.14. The number of aryl methyl sites for hydroxylation is 2. The van der Waals surface area contributed by atoms with Gasteiger partial charge in [-0.05, 0) is 61.6 Å². The normalized spacial score (nSPS) is 15.2. The van der Waals surface area contributed by atoms with E-state index in [1.807, 2.05) is 44.2 Å². The number of rotatable bonds is 4. The van der Waals surface area contributed by atoms with Gasteiger partial charge in [0.1, 0.15) is 6.04 Å². The predicted octanol–water partition coefficient (Wildman–Crippen LogP) is 3.04. The van der Waals surface area contributed by atoms with Gasteiger partial charge in [0.15, 0.2) is 0 Å². The van der Waals surface area contributed by atoms with E-state index >= 15 is 0 Å². The van der Waals surface area contributed by atoms with Gasteiger partial charge < -0.3 is 4.90 Å². The Morgan fingerprint density at radius 1 is 1.07 bits per heavy atom. The number of nitrogens with zero attached hydrogens (tertiary/aromatic N) is 2. The smallest absolute Gasteiger partial charge is 0.246 e. The van der Waals surface area contributed by atoms with Crippen LogP contribution in [0.4, 0.5) is 5.69 Å². The highest BCUT2D eigenvalue weighted by Gasteiger charge is 2.33. The van der Waals surface area contributed by atoms with Crippen LogP contribution in [0.2, 0.25) is 0 Å². The van der Waals surface area contributed by atoms with Crippen LogP contribution in [0.3, 0.4) is 0 Å². The molecular formula is C21H26N2O3S. The Bertz CT molecular complexity index is 969. The molecule has 0 aliphatic carbocycles. The van der Waals surface area contributed by atoms with E-state index in [4.69, 9.17) is 0 Å². The highest BCUT2D eigenvalue weighted by Crippen LogP contribution is 2.26. The lowest BCUT2D eigenvalue weighted by Gasteiger charge is -2.35. The summed E-state index contributed by atoms with van der Waals surface area (Å²) in [7, 11) is -3.61. The summed E-state index contributed by atoms with van der Waals surface area (Å²) in [5, 5.41) is 0. The van der Waals surface area contributed by atoms with Gasteiger partial charge in [-0.25, -0.2) is 8.42 Å². The van der Waals surface area contributed by atoms with Gasteiger partial charge in [0.2, 0.25) is 15.9 Å². The van der Waals surface area contributed by atoms with Crippen molar-refractivity contribution in [1.82, 2.24) is 4.90 Å². The van der Waals surface area contributed by atoms with Gasteiger partial charge >= 0.3 is 0 Å². The maximum atomic E-state index is 13.1. The molecule has 0 bridgehead atoms.